The first-order valence-corrected chi connectivity index (χ1v) is 8.59. The van der Waals surface area contributed by atoms with Gasteiger partial charge in [0.1, 0.15) is 0 Å². The summed E-state index contributed by atoms with van der Waals surface area (Å²) in [7, 11) is 3.85. The first kappa shape index (κ1) is 19.8. The van der Waals surface area contributed by atoms with Gasteiger partial charge in [-0.1, -0.05) is 29.8 Å². The van der Waals surface area contributed by atoms with Crippen LogP contribution in [-0.2, 0) is 13.0 Å². The van der Waals surface area contributed by atoms with Crippen LogP contribution in [0.1, 0.15) is 21.5 Å². The number of carbonyl (C=O) groups excluding carboxylic acids is 2. The van der Waals surface area contributed by atoms with Gasteiger partial charge in [-0.05, 0) is 55.9 Å². The summed E-state index contributed by atoms with van der Waals surface area (Å²) in [6.07, 6.45) is 0.667. The van der Waals surface area contributed by atoms with Crippen LogP contribution >= 0.6 is 11.6 Å². The maximum Gasteiger partial charge on any atom is 0.319 e. The molecule has 0 fully saturated rings. The van der Waals surface area contributed by atoms with Gasteiger partial charge in [-0.15, -0.1) is 0 Å². The van der Waals surface area contributed by atoms with Crippen molar-refractivity contribution in [2.24, 2.45) is 5.73 Å². The van der Waals surface area contributed by atoms with Gasteiger partial charge in [0.25, 0.3) is 0 Å². The fraction of sp³-hybridized carbons (Fsp3) is 0.263. The van der Waals surface area contributed by atoms with Gasteiger partial charge in [0.05, 0.1) is 0 Å². The summed E-state index contributed by atoms with van der Waals surface area (Å²) in [6.45, 7) is 1.09. The molecule has 7 heteroatoms. The number of hydrogen-bond donors (Lipinski definition) is 3. The Labute approximate surface area is 158 Å². The maximum absolute atomic E-state index is 12.2. The first-order chi connectivity index (χ1) is 12.3. The molecule has 2 aromatic carbocycles. The highest BCUT2D eigenvalue weighted by molar-refractivity contribution is 6.30. The van der Waals surface area contributed by atoms with Crippen molar-refractivity contribution in [2.45, 2.75) is 13.0 Å². The molecule has 0 atom stereocenters. The molecule has 0 saturated carbocycles. The van der Waals surface area contributed by atoms with Gasteiger partial charge in [0, 0.05) is 29.4 Å². The van der Waals surface area contributed by atoms with E-state index in [4.69, 9.17) is 17.3 Å². The molecule has 4 N–H and O–H groups in total. The summed E-state index contributed by atoms with van der Waals surface area (Å²) in [5, 5.41) is 6.27. The monoisotopic (exact) mass is 374 g/mol. The Morgan fingerprint density at radius 1 is 1.15 bits per heavy atom. The molecule has 3 amide bonds. The van der Waals surface area contributed by atoms with Crippen molar-refractivity contribution in [2.75, 3.05) is 26.0 Å². The third-order valence-corrected chi connectivity index (χ3v) is 3.95. The second-order valence-corrected chi connectivity index (χ2v) is 6.67. The van der Waals surface area contributed by atoms with Gasteiger partial charge < -0.3 is 21.3 Å². The lowest BCUT2D eigenvalue weighted by atomic mass is 10.1. The third-order valence-electron chi connectivity index (χ3n) is 3.72. The molecule has 0 bridgehead atoms. The fourth-order valence-electron chi connectivity index (χ4n) is 2.50. The van der Waals surface area contributed by atoms with Crippen molar-refractivity contribution < 1.29 is 9.59 Å². The smallest absolute Gasteiger partial charge is 0.319 e. The molecular weight excluding hydrogens is 352 g/mol. The lowest BCUT2D eigenvalue weighted by Crippen LogP contribution is -2.31. The molecule has 2 aromatic rings. The molecule has 26 heavy (non-hydrogen) atoms. The fourth-order valence-corrected chi connectivity index (χ4v) is 2.72. The second-order valence-electron chi connectivity index (χ2n) is 6.23. The SMILES string of the molecule is CN(C)Cc1ccc(C(N)=O)cc1NC(=O)NCCc1cccc(Cl)c1. The maximum atomic E-state index is 12.2. The number of carbonyl (C=O) groups is 2. The molecular formula is C19H23ClN4O2. The van der Waals surface area contributed by atoms with Crippen molar-refractivity contribution in [1.82, 2.24) is 10.2 Å². The van der Waals surface area contributed by atoms with Crippen molar-refractivity contribution >= 4 is 29.2 Å². The Morgan fingerprint density at radius 2 is 1.92 bits per heavy atom. The molecule has 0 aliphatic heterocycles. The zero-order valence-electron chi connectivity index (χ0n) is 14.9. The number of nitrogens with two attached hydrogens (primary N) is 1. The van der Waals surface area contributed by atoms with Crippen LogP contribution in [0.15, 0.2) is 42.5 Å². The normalized spacial score (nSPS) is 10.6. The predicted octanol–water partition coefficient (Wildman–Crippen LogP) is 2.86. The number of anilines is 1. The van der Waals surface area contributed by atoms with E-state index in [0.29, 0.717) is 35.8 Å². The molecule has 0 aromatic heterocycles. The molecule has 0 heterocycles. The Kier molecular flexibility index (Phi) is 7.00. The van der Waals surface area contributed by atoms with E-state index >= 15 is 0 Å². The largest absolute Gasteiger partial charge is 0.366 e. The minimum atomic E-state index is -0.536. The van der Waals surface area contributed by atoms with Gasteiger partial charge in [-0.3, -0.25) is 4.79 Å². The van der Waals surface area contributed by atoms with E-state index in [9.17, 15) is 9.59 Å². The van der Waals surface area contributed by atoms with E-state index < -0.39 is 5.91 Å². The van der Waals surface area contributed by atoms with Crippen LogP contribution in [0.4, 0.5) is 10.5 Å². The van der Waals surface area contributed by atoms with E-state index in [1.54, 1.807) is 18.2 Å². The molecule has 0 saturated heterocycles. The van der Waals surface area contributed by atoms with Crippen LogP contribution in [0.25, 0.3) is 0 Å². The average molecular weight is 375 g/mol. The zero-order chi connectivity index (χ0) is 19.1. The average Bonchev–Trinajstić information content (AvgIpc) is 2.56. The molecule has 0 spiro atoms. The van der Waals surface area contributed by atoms with E-state index in [0.717, 1.165) is 11.1 Å². The second kappa shape index (κ2) is 9.22. The molecule has 0 unspecified atom stereocenters. The number of nitrogens with zero attached hydrogens (tertiary/aromatic N) is 1. The summed E-state index contributed by atoms with van der Waals surface area (Å²) in [5.41, 5.74) is 8.18. The first-order valence-electron chi connectivity index (χ1n) is 8.22. The van der Waals surface area contributed by atoms with E-state index in [-0.39, 0.29) is 6.03 Å². The summed E-state index contributed by atoms with van der Waals surface area (Å²) in [5.74, 6) is -0.536. The minimum Gasteiger partial charge on any atom is -0.366 e. The number of halogens is 1. The number of benzene rings is 2. The van der Waals surface area contributed by atoms with E-state index in [1.807, 2.05) is 43.3 Å². The number of nitrogens with one attached hydrogen (secondary N) is 2. The van der Waals surface area contributed by atoms with Crippen LogP contribution in [0.2, 0.25) is 5.02 Å². The molecule has 0 aliphatic rings. The summed E-state index contributed by atoms with van der Waals surface area (Å²) in [6, 6.07) is 12.2. The van der Waals surface area contributed by atoms with Crippen LogP contribution in [0.5, 0.6) is 0 Å². The molecule has 0 aliphatic carbocycles. The van der Waals surface area contributed by atoms with Crippen LogP contribution in [-0.4, -0.2) is 37.5 Å². The Bertz CT molecular complexity index is 793. The van der Waals surface area contributed by atoms with Gasteiger partial charge in [-0.2, -0.15) is 0 Å². The number of hydrogen-bond acceptors (Lipinski definition) is 3. The van der Waals surface area contributed by atoms with Crippen molar-refractivity contribution in [3.63, 3.8) is 0 Å². The lowest BCUT2D eigenvalue weighted by molar-refractivity contribution is 0.1000. The van der Waals surface area contributed by atoms with Gasteiger partial charge in [-0.25, -0.2) is 4.79 Å². The number of urea groups is 1. The molecule has 2 rings (SSSR count). The summed E-state index contributed by atoms with van der Waals surface area (Å²) in [4.78, 5) is 25.6. The van der Waals surface area contributed by atoms with Crippen LogP contribution < -0.4 is 16.4 Å². The summed E-state index contributed by atoms with van der Waals surface area (Å²) >= 11 is 5.95. The van der Waals surface area contributed by atoms with Crippen molar-refractivity contribution in [3.8, 4) is 0 Å². The number of amides is 3. The third kappa shape index (κ3) is 6.06. The standard InChI is InChI=1S/C19H23ClN4O2/c1-24(2)12-15-7-6-14(18(21)25)11-17(15)23-19(26)22-9-8-13-4-3-5-16(20)10-13/h3-7,10-11H,8-9,12H2,1-2H3,(H2,21,25)(H2,22,23,26). The Morgan fingerprint density at radius 3 is 2.58 bits per heavy atom. The Hall–Kier alpha value is -2.57. The lowest BCUT2D eigenvalue weighted by Gasteiger charge is -2.16. The van der Waals surface area contributed by atoms with E-state index in [1.165, 1.54) is 0 Å². The van der Waals surface area contributed by atoms with Crippen LogP contribution in [0.3, 0.4) is 0 Å². The van der Waals surface area contributed by atoms with E-state index in [2.05, 4.69) is 10.6 Å². The van der Waals surface area contributed by atoms with Gasteiger partial charge in [0.2, 0.25) is 5.91 Å². The molecule has 0 radical (unpaired) electrons. The predicted molar refractivity (Wildman–Crippen MR) is 105 cm³/mol. The highest BCUT2D eigenvalue weighted by atomic mass is 35.5. The highest BCUT2D eigenvalue weighted by Crippen LogP contribution is 2.19. The minimum absolute atomic E-state index is 0.339. The van der Waals surface area contributed by atoms with Gasteiger partial charge >= 0.3 is 6.03 Å². The topological polar surface area (TPSA) is 87.5 Å². The Balaban J connectivity index is 2.00. The molecule has 6 nitrogen and oxygen atoms in total. The van der Waals surface area contributed by atoms with Crippen molar-refractivity contribution in [3.05, 3.63) is 64.2 Å². The van der Waals surface area contributed by atoms with Gasteiger partial charge in [0.15, 0.2) is 0 Å². The quantitative estimate of drug-likeness (QED) is 0.696. The summed E-state index contributed by atoms with van der Waals surface area (Å²) < 4.78 is 0. The zero-order valence-corrected chi connectivity index (χ0v) is 15.6. The van der Waals surface area contributed by atoms with Crippen LogP contribution in [0, 0.1) is 0 Å². The number of rotatable bonds is 7. The van der Waals surface area contributed by atoms with Crippen molar-refractivity contribution in [1.29, 1.82) is 0 Å². The molecule has 138 valence electrons. The highest BCUT2D eigenvalue weighted by Gasteiger charge is 2.11. The number of primary amides is 1.